The molecule has 2 aromatic carbocycles. The summed E-state index contributed by atoms with van der Waals surface area (Å²) in [5.74, 6) is -0.816. The fourth-order valence-electron chi connectivity index (χ4n) is 3.50. The number of aryl methyl sites for hydroxylation is 1. The monoisotopic (exact) mass is 484 g/mol. The summed E-state index contributed by atoms with van der Waals surface area (Å²) in [5, 5.41) is 24.8. The molecule has 0 aliphatic heterocycles. The van der Waals surface area contributed by atoms with Crippen LogP contribution in [0.2, 0.25) is 0 Å². The van der Waals surface area contributed by atoms with Crippen LogP contribution in [0.25, 0.3) is 0 Å². The van der Waals surface area contributed by atoms with Gasteiger partial charge in [-0.2, -0.15) is 0 Å². The first-order chi connectivity index (χ1) is 16.7. The van der Waals surface area contributed by atoms with E-state index < -0.39 is 29.9 Å². The number of nitrogens with zero attached hydrogens (tertiary/aromatic N) is 1. The lowest BCUT2D eigenvalue weighted by Gasteiger charge is -2.24. The number of phenolic OH excluding ortho intramolecular Hbond substituents is 1. The van der Waals surface area contributed by atoms with Gasteiger partial charge >= 0.3 is 0 Å². The standard InChI is InChI=1S/C25H36N6O4/c1-16-4-6-18(7-5-16)14-21(26)23(34)31-22(3-2-12-29-25(27)28)24(35)30-19(15-32)13-17-8-10-20(33)11-9-17/h4-11,19,21-22,32-33H,2-3,12-15,26H2,1H3,(H,30,35)(H,31,34)(H4,27,28,29). The van der Waals surface area contributed by atoms with Gasteiger partial charge in [-0.05, 0) is 55.9 Å². The first-order valence-corrected chi connectivity index (χ1v) is 11.5. The average molecular weight is 485 g/mol. The molecule has 0 saturated heterocycles. The van der Waals surface area contributed by atoms with E-state index in [1.807, 2.05) is 31.2 Å². The fraction of sp³-hybridized carbons (Fsp3) is 0.400. The van der Waals surface area contributed by atoms with Crippen molar-refractivity contribution in [3.63, 3.8) is 0 Å². The highest BCUT2D eigenvalue weighted by molar-refractivity contribution is 5.90. The molecule has 0 fully saturated rings. The molecule has 190 valence electrons. The van der Waals surface area contributed by atoms with E-state index in [2.05, 4.69) is 15.6 Å². The molecule has 0 heterocycles. The molecule has 2 rings (SSSR count). The number of rotatable bonds is 13. The molecule has 3 atom stereocenters. The van der Waals surface area contributed by atoms with Gasteiger partial charge in [0.05, 0.1) is 18.7 Å². The first-order valence-electron chi connectivity index (χ1n) is 11.5. The predicted molar refractivity (Wildman–Crippen MR) is 136 cm³/mol. The SMILES string of the molecule is Cc1ccc(CC(N)C(=O)NC(CCCN=C(N)N)C(=O)NC(CO)Cc2ccc(O)cc2)cc1. The number of amides is 2. The van der Waals surface area contributed by atoms with Gasteiger partial charge in [0.25, 0.3) is 0 Å². The second kappa shape index (κ2) is 13.9. The number of hydrogen-bond acceptors (Lipinski definition) is 6. The second-order valence-corrected chi connectivity index (χ2v) is 8.56. The molecule has 0 bridgehead atoms. The van der Waals surface area contributed by atoms with Gasteiger partial charge in [0.1, 0.15) is 11.8 Å². The highest BCUT2D eigenvalue weighted by atomic mass is 16.3. The van der Waals surface area contributed by atoms with Crippen molar-refractivity contribution in [2.75, 3.05) is 13.2 Å². The smallest absolute Gasteiger partial charge is 0.242 e. The minimum absolute atomic E-state index is 0.0515. The molecule has 2 aromatic rings. The Balaban J connectivity index is 2.03. The summed E-state index contributed by atoms with van der Waals surface area (Å²) < 4.78 is 0. The van der Waals surface area contributed by atoms with E-state index in [0.29, 0.717) is 25.8 Å². The Morgan fingerprint density at radius 1 is 0.943 bits per heavy atom. The zero-order valence-electron chi connectivity index (χ0n) is 20.0. The summed E-state index contributed by atoms with van der Waals surface area (Å²) in [6.45, 7) is 1.98. The summed E-state index contributed by atoms with van der Waals surface area (Å²) in [5.41, 5.74) is 19.7. The zero-order valence-corrected chi connectivity index (χ0v) is 20.0. The van der Waals surface area contributed by atoms with Gasteiger partial charge in [-0.3, -0.25) is 14.6 Å². The quantitative estimate of drug-likeness (QED) is 0.117. The van der Waals surface area contributed by atoms with Gasteiger partial charge < -0.3 is 38.0 Å². The Labute approximate surface area is 205 Å². The van der Waals surface area contributed by atoms with Crippen LogP contribution in [0.5, 0.6) is 5.75 Å². The van der Waals surface area contributed by atoms with Gasteiger partial charge in [0.2, 0.25) is 11.8 Å². The number of guanidine groups is 1. The number of nitrogens with two attached hydrogens (primary N) is 3. The molecule has 35 heavy (non-hydrogen) atoms. The Bertz CT molecular complexity index is 974. The molecule has 10 heteroatoms. The largest absolute Gasteiger partial charge is 0.508 e. The Morgan fingerprint density at radius 2 is 1.54 bits per heavy atom. The number of benzene rings is 2. The molecule has 0 spiro atoms. The second-order valence-electron chi connectivity index (χ2n) is 8.56. The van der Waals surface area contributed by atoms with Crippen LogP contribution in [-0.4, -0.2) is 59.3 Å². The van der Waals surface area contributed by atoms with E-state index in [1.165, 1.54) is 12.1 Å². The maximum absolute atomic E-state index is 13.0. The highest BCUT2D eigenvalue weighted by Crippen LogP contribution is 2.12. The summed E-state index contributed by atoms with van der Waals surface area (Å²) in [7, 11) is 0. The summed E-state index contributed by atoms with van der Waals surface area (Å²) in [6, 6.07) is 11.9. The van der Waals surface area contributed by atoms with Crippen LogP contribution in [0.15, 0.2) is 53.5 Å². The molecule has 3 unspecified atom stereocenters. The van der Waals surface area contributed by atoms with Crippen molar-refractivity contribution < 1.29 is 19.8 Å². The number of aliphatic hydroxyl groups excluding tert-OH is 1. The van der Waals surface area contributed by atoms with Crippen molar-refractivity contribution in [1.29, 1.82) is 0 Å². The summed E-state index contributed by atoms with van der Waals surface area (Å²) in [6.07, 6.45) is 1.41. The molecular formula is C25H36N6O4. The van der Waals surface area contributed by atoms with Crippen LogP contribution in [0.3, 0.4) is 0 Å². The number of aromatic hydroxyl groups is 1. The van der Waals surface area contributed by atoms with Crippen molar-refractivity contribution in [1.82, 2.24) is 10.6 Å². The first kappa shape index (κ1) is 27.6. The van der Waals surface area contributed by atoms with Crippen molar-refractivity contribution in [2.24, 2.45) is 22.2 Å². The van der Waals surface area contributed by atoms with E-state index in [0.717, 1.165) is 16.7 Å². The molecular weight excluding hydrogens is 448 g/mol. The van der Waals surface area contributed by atoms with Crippen LogP contribution < -0.4 is 27.8 Å². The lowest BCUT2D eigenvalue weighted by Crippen LogP contribution is -2.54. The minimum Gasteiger partial charge on any atom is -0.508 e. The van der Waals surface area contributed by atoms with Gasteiger partial charge in [0, 0.05) is 6.54 Å². The molecule has 2 amide bonds. The third kappa shape index (κ3) is 10.0. The zero-order chi connectivity index (χ0) is 25.8. The van der Waals surface area contributed by atoms with Crippen molar-refractivity contribution in [3.8, 4) is 5.75 Å². The van der Waals surface area contributed by atoms with Crippen molar-refractivity contribution >= 4 is 17.8 Å². The van der Waals surface area contributed by atoms with E-state index in [9.17, 15) is 19.8 Å². The van der Waals surface area contributed by atoms with Crippen LogP contribution in [0.1, 0.15) is 29.5 Å². The van der Waals surface area contributed by atoms with Gasteiger partial charge in [-0.1, -0.05) is 42.0 Å². The maximum Gasteiger partial charge on any atom is 0.242 e. The Hall–Kier alpha value is -3.63. The number of carbonyl (C=O) groups is 2. The number of nitrogens with one attached hydrogen (secondary N) is 2. The Morgan fingerprint density at radius 3 is 2.14 bits per heavy atom. The Kier molecular flexibility index (Phi) is 11.0. The molecule has 0 aliphatic rings. The normalized spacial score (nSPS) is 13.3. The maximum atomic E-state index is 13.0. The van der Waals surface area contributed by atoms with Gasteiger partial charge in [-0.15, -0.1) is 0 Å². The van der Waals surface area contributed by atoms with Crippen LogP contribution in [0.4, 0.5) is 0 Å². The number of carbonyl (C=O) groups excluding carboxylic acids is 2. The fourth-order valence-corrected chi connectivity index (χ4v) is 3.50. The third-order valence-electron chi connectivity index (χ3n) is 5.48. The summed E-state index contributed by atoms with van der Waals surface area (Å²) >= 11 is 0. The van der Waals surface area contributed by atoms with Crippen LogP contribution in [-0.2, 0) is 22.4 Å². The lowest BCUT2D eigenvalue weighted by atomic mass is 10.0. The number of aliphatic hydroxyl groups is 1. The molecule has 0 aromatic heterocycles. The number of aliphatic imine (C=N–C) groups is 1. The van der Waals surface area contributed by atoms with Crippen molar-refractivity contribution in [2.45, 2.75) is 50.7 Å². The average Bonchev–Trinajstić information content (AvgIpc) is 2.82. The number of phenols is 1. The van der Waals surface area contributed by atoms with E-state index in [-0.39, 0.29) is 24.7 Å². The van der Waals surface area contributed by atoms with Gasteiger partial charge in [0.15, 0.2) is 5.96 Å². The van der Waals surface area contributed by atoms with E-state index in [1.54, 1.807) is 12.1 Å². The van der Waals surface area contributed by atoms with E-state index in [4.69, 9.17) is 17.2 Å². The third-order valence-corrected chi connectivity index (χ3v) is 5.48. The highest BCUT2D eigenvalue weighted by Gasteiger charge is 2.25. The molecule has 0 aliphatic carbocycles. The minimum atomic E-state index is -0.880. The van der Waals surface area contributed by atoms with Crippen molar-refractivity contribution in [3.05, 3.63) is 65.2 Å². The molecule has 10 nitrogen and oxygen atoms in total. The molecule has 10 N–H and O–H groups in total. The summed E-state index contributed by atoms with van der Waals surface area (Å²) in [4.78, 5) is 29.7. The molecule has 0 saturated carbocycles. The van der Waals surface area contributed by atoms with Crippen LogP contribution >= 0.6 is 0 Å². The van der Waals surface area contributed by atoms with E-state index >= 15 is 0 Å². The lowest BCUT2D eigenvalue weighted by molar-refractivity contribution is -0.130. The predicted octanol–water partition coefficient (Wildman–Crippen LogP) is -0.171. The number of hydrogen-bond donors (Lipinski definition) is 7. The topological polar surface area (TPSA) is 189 Å². The van der Waals surface area contributed by atoms with Crippen LogP contribution in [0, 0.1) is 6.92 Å². The van der Waals surface area contributed by atoms with Gasteiger partial charge in [-0.25, -0.2) is 0 Å². The molecule has 0 radical (unpaired) electrons.